The second-order valence-electron chi connectivity index (χ2n) is 4.84. The van der Waals surface area contributed by atoms with E-state index in [-0.39, 0.29) is 0 Å². The van der Waals surface area contributed by atoms with Crippen LogP contribution in [0, 0.1) is 0 Å². The van der Waals surface area contributed by atoms with Crippen molar-refractivity contribution in [2.24, 2.45) is 0 Å². The first-order valence-electron chi connectivity index (χ1n) is 7.38. The molecule has 2 rings (SSSR count). The summed E-state index contributed by atoms with van der Waals surface area (Å²) in [5.41, 5.74) is 0.943. The molecule has 114 valence electrons. The molecule has 0 radical (unpaired) electrons. The largest absolute Gasteiger partial charge is 0.387 e. The van der Waals surface area contributed by atoms with Gasteiger partial charge in [0, 0.05) is 37.3 Å². The minimum atomic E-state index is -0.471. The van der Waals surface area contributed by atoms with Gasteiger partial charge in [0.15, 0.2) is 5.13 Å². The number of benzene rings is 1. The summed E-state index contributed by atoms with van der Waals surface area (Å²) in [5.74, 6) is 0. The summed E-state index contributed by atoms with van der Waals surface area (Å²) in [4.78, 5) is 7.89. The second-order valence-corrected chi connectivity index (χ2v) is 5.93. The first kappa shape index (κ1) is 15.9. The van der Waals surface area contributed by atoms with Crippen LogP contribution in [0.5, 0.6) is 0 Å². The van der Waals surface area contributed by atoms with E-state index in [1.54, 1.807) is 11.3 Å². The van der Waals surface area contributed by atoms with Gasteiger partial charge in [0.2, 0.25) is 0 Å². The number of aromatic nitrogens is 1. The van der Waals surface area contributed by atoms with E-state index in [0.29, 0.717) is 6.54 Å². The lowest BCUT2D eigenvalue weighted by Gasteiger charge is -2.16. The summed E-state index contributed by atoms with van der Waals surface area (Å²) < 4.78 is 0. The number of hydrogen-bond donors (Lipinski definition) is 2. The van der Waals surface area contributed by atoms with E-state index < -0.39 is 6.10 Å². The molecule has 21 heavy (non-hydrogen) atoms. The van der Waals surface area contributed by atoms with Crippen molar-refractivity contribution in [1.29, 1.82) is 0 Å². The smallest absolute Gasteiger partial charge is 0.185 e. The summed E-state index contributed by atoms with van der Waals surface area (Å²) >= 11 is 1.71. The summed E-state index contributed by atoms with van der Waals surface area (Å²) in [6.45, 7) is 7.51. The molecule has 0 aliphatic carbocycles. The molecule has 0 amide bonds. The van der Waals surface area contributed by atoms with Crippen LogP contribution in [0.25, 0.3) is 0 Å². The first-order valence-corrected chi connectivity index (χ1v) is 8.19. The molecule has 0 aliphatic heterocycles. The molecule has 0 bridgehead atoms. The highest BCUT2D eigenvalue weighted by molar-refractivity contribution is 7.15. The van der Waals surface area contributed by atoms with Crippen molar-refractivity contribution in [2.45, 2.75) is 26.5 Å². The average molecular weight is 305 g/mol. The quantitative estimate of drug-likeness (QED) is 0.787. The Morgan fingerprint density at radius 2 is 1.95 bits per heavy atom. The zero-order chi connectivity index (χ0) is 15.1. The Labute approximate surface area is 130 Å². The third kappa shape index (κ3) is 4.52. The van der Waals surface area contributed by atoms with Gasteiger partial charge >= 0.3 is 0 Å². The van der Waals surface area contributed by atoms with Crippen molar-refractivity contribution in [3.8, 4) is 0 Å². The number of nitrogens with one attached hydrogen (secondary N) is 1. The van der Waals surface area contributed by atoms with Crippen molar-refractivity contribution in [3.05, 3.63) is 47.0 Å². The van der Waals surface area contributed by atoms with Crippen LogP contribution >= 0.6 is 11.3 Å². The standard InChI is InChI=1S/C16H23N3OS/c1-3-19(4-2)16-18-11-14(21-16)10-17-12-15(20)13-8-6-5-7-9-13/h5-9,11,15,17,20H,3-4,10,12H2,1-2H3. The molecule has 0 fully saturated rings. The molecule has 1 heterocycles. The van der Waals surface area contributed by atoms with E-state index in [9.17, 15) is 5.11 Å². The summed E-state index contributed by atoms with van der Waals surface area (Å²) in [5, 5.41) is 14.4. The Balaban J connectivity index is 1.81. The Kier molecular flexibility index (Phi) is 6.17. The number of aliphatic hydroxyl groups excluding tert-OH is 1. The molecule has 1 atom stereocenters. The third-order valence-corrected chi connectivity index (χ3v) is 4.45. The van der Waals surface area contributed by atoms with Gasteiger partial charge in [-0.15, -0.1) is 11.3 Å². The molecule has 5 heteroatoms. The van der Waals surface area contributed by atoms with Crippen molar-refractivity contribution in [3.63, 3.8) is 0 Å². The molecule has 0 aliphatic rings. The maximum Gasteiger partial charge on any atom is 0.185 e. The topological polar surface area (TPSA) is 48.4 Å². The molecule has 1 aromatic heterocycles. The van der Waals surface area contributed by atoms with Crippen LogP contribution in [0.3, 0.4) is 0 Å². The Morgan fingerprint density at radius 3 is 2.62 bits per heavy atom. The average Bonchev–Trinajstić information content (AvgIpc) is 2.98. The fourth-order valence-electron chi connectivity index (χ4n) is 2.14. The van der Waals surface area contributed by atoms with Crippen LogP contribution in [0.2, 0.25) is 0 Å². The van der Waals surface area contributed by atoms with Gasteiger partial charge in [0.25, 0.3) is 0 Å². The number of anilines is 1. The molecule has 0 saturated heterocycles. The number of thiazole rings is 1. The number of hydrogen-bond acceptors (Lipinski definition) is 5. The molecule has 2 N–H and O–H groups in total. The highest BCUT2D eigenvalue weighted by Gasteiger charge is 2.09. The van der Waals surface area contributed by atoms with E-state index in [0.717, 1.165) is 30.3 Å². The maximum atomic E-state index is 10.1. The number of nitrogens with zero attached hydrogens (tertiary/aromatic N) is 2. The summed E-state index contributed by atoms with van der Waals surface area (Å²) in [6, 6.07) is 9.72. The van der Waals surface area contributed by atoms with Crippen LogP contribution in [0.1, 0.15) is 30.4 Å². The Morgan fingerprint density at radius 1 is 1.24 bits per heavy atom. The monoisotopic (exact) mass is 305 g/mol. The second kappa shape index (κ2) is 8.12. The predicted molar refractivity (Wildman–Crippen MR) is 88.8 cm³/mol. The maximum absolute atomic E-state index is 10.1. The van der Waals surface area contributed by atoms with Gasteiger partial charge in [-0.25, -0.2) is 4.98 Å². The van der Waals surface area contributed by atoms with Crippen LogP contribution in [-0.4, -0.2) is 29.7 Å². The lowest BCUT2D eigenvalue weighted by Crippen LogP contribution is -2.21. The zero-order valence-electron chi connectivity index (χ0n) is 12.6. The summed E-state index contributed by atoms with van der Waals surface area (Å²) in [6.07, 6.45) is 1.45. The SMILES string of the molecule is CCN(CC)c1ncc(CNCC(O)c2ccccc2)s1. The van der Waals surface area contributed by atoms with Crippen LogP contribution in [0.4, 0.5) is 5.13 Å². The van der Waals surface area contributed by atoms with Gasteiger partial charge in [0.05, 0.1) is 6.10 Å². The molecule has 1 aromatic carbocycles. The van der Waals surface area contributed by atoms with Gasteiger partial charge in [-0.2, -0.15) is 0 Å². The van der Waals surface area contributed by atoms with E-state index in [1.807, 2.05) is 36.5 Å². The molecule has 4 nitrogen and oxygen atoms in total. The Bertz CT molecular complexity index is 525. The lowest BCUT2D eigenvalue weighted by molar-refractivity contribution is 0.174. The highest BCUT2D eigenvalue weighted by Crippen LogP contribution is 2.22. The van der Waals surface area contributed by atoms with E-state index in [2.05, 4.69) is 29.0 Å². The predicted octanol–water partition coefficient (Wildman–Crippen LogP) is 2.81. The van der Waals surface area contributed by atoms with Gasteiger partial charge in [-0.05, 0) is 19.4 Å². The van der Waals surface area contributed by atoms with Crippen LogP contribution in [-0.2, 0) is 6.54 Å². The van der Waals surface area contributed by atoms with Gasteiger partial charge in [-0.3, -0.25) is 0 Å². The van der Waals surface area contributed by atoms with Gasteiger partial charge < -0.3 is 15.3 Å². The third-order valence-electron chi connectivity index (χ3n) is 3.40. The normalized spacial score (nSPS) is 12.3. The van der Waals surface area contributed by atoms with E-state index in [1.165, 1.54) is 4.88 Å². The molecular weight excluding hydrogens is 282 g/mol. The van der Waals surface area contributed by atoms with Crippen molar-refractivity contribution >= 4 is 16.5 Å². The molecule has 0 spiro atoms. The lowest BCUT2D eigenvalue weighted by atomic mass is 10.1. The molecular formula is C16H23N3OS. The summed E-state index contributed by atoms with van der Waals surface area (Å²) in [7, 11) is 0. The number of aliphatic hydroxyl groups is 1. The molecule has 1 unspecified atom stereocenters. The van der Waals surface area contributed by atoms with Gasteiger partial charge in [-0.1, -0.05) is 30.3 Å². The highest BCUT2D eigenvalue weighted by atomic mass is 32.1. The van der Waals surface area contributed by atoms with Crippen molar-refractivity contribution in [2.75, 3.05) is 24.5 Å². The van der Waals surface area contributed by atoms with E-state index in [4.69, 9.17) is 0 Å². The zero-order valence-corrected chi connectivity index (χ0v) is 13.4. The van der Waals surface area contributed by atoms with Crippen LogP contribution < -0.4 is 10.2 Å². The van der Waals surface area contributed by atoms with Gasteiger partial charge in [0.1, 0.15) is 0 Å². The fraction of sp³-hybridized carbons (Fsp3) is 0.438. The molecule has 0 saturated carbocycles. The van der Waals surface area contributed by atoms with Crippen molar-refractivity contribution < 1.29 is 5.11 Å². The number of rotatable bonds is 8. The van der Waals surface area contributed by atoms with Crippen molar-refractivity contribution in [1.82, 2.24) is 10.3 Å². The fourth-order valence-corrected chi connectivity index (χ4v) is 3.15. The Hall–Kier alpha value is -1.43. The minimum absolute atomic E-state index is 0.471. The van der Waals surface area contributed by atoms with Crippen LogP contribution in [0.15, 0.2) is 36.5 Å². The molecule has 2 aromatic rings. The minimum Gasteiger partial charge on any atom is -0.387 e. The van der Waals surface area contributed by atoms with E-state index >= 15 is 0 Å². The first-order chi connectivity index (χ1) is 10.2.